The molecule has 0 fully saturated rings. The van der Waals surface area contributed by atoms with E-state index in [4.69, 9.17) is 0 Å². The second kappa shape index (κ2) is 8.46. The maximum atomic E-state index is 12.7. The quantitative estimate of drug-likeness (QED) is 0.630. The Kier molecular flexibility index (Phi) is 5.83. The summed E-state index contributed by atoms with van der Waals surface area (Å²) in [5.74, 6) is -0.474. The molecule has 3 rings (SSSR count). The number of nitrogens with one attached hydrogen (secondary N) is 2. The average molecular weight is 365 g/mol. The van der Waals surface area contributed by atoms with E-state index >= 15 is 0 Å². The van der Waals surface area contributed by atoms with Crippen molar-refractivity contribution in [3.05, 3.63) is 66.2 Å². The van der Waals surface area contributed by atoms with Crippen LogP contribution in [-0.2, 0) is 0 Å². The third-order valence-electron chi connectivity index (χ3n) is 4.07. The van der Waals surface area contributed by atoms with E-state index in [2.05, 4.69) is 20.5 Å². The highest BCUT2D eigenvalue weighted by molar-refractivity contribution is 6.06. The summed E-state index contributed by atoms with van der Waals surface area (Å²) in [7, 11) is 3.98. The summed E-state index contributed by atoms with van der Waals surface area (Å²) in [5, 5.41) is 5.68. The molecule has 0 saturated carbocycles. The van der Waals surface area contributed by atoms with Crippen molar-refractivity contribution in [2.24, 2.45) is 0 Å². The summed E-state index contributed by atoms with van der Waals surface area (Å²) in [6.07, 6.45) is 2.57. The lowest BCUT2D eigenvalue weighted by Gasteiger charge is -2.09. The molecule has 140 valence electrons. The lowest BCUT2D eigenvalue weighted by molar-refractivity contribution is 0.0949. The summed E-state index contributed by atoms with van der Waals surface area (Å²) in [6, 6.07) is 14.5. The fraction of sp³-hybridized carbons (Fsp3) is 0.250. The molecule has 2 amide bonds. The molecule has 2 heterocycles. The van der Waals surface area contributed by atoms with Crippen LogP contribution in [0, 0.1) is 0 Å². The number of rotatable bonds is 7. The van der Waals surface area contributed by atoms with Gasteiger partial charge in [-0.2, -0.15) is 0 Å². The topological polar surface area (TPSA) is 78.7 Å². The van der Waals surface area contributed by atoms with Gasteiger partial charge in [0.1, 0.15) is 0 Å². The summed E-state index contributed by atoms with van der Waals surface area (Å²) in [5.41, 5.74) is 1.52. The minimum Gasteiger partial charge on any atom is -0.351 e. The Hall–Kier alpha value is -3.19. The van der Waals surface area contributed by atoms with Gasteiger partial charge < -0.3 is 15.5 Å². The number of para-hydroxylation sites is 1. The van der Waals surface area contributed by atoms with Crippen LogP contribution in [0.15, 0.2) is 54.7 Å². The van der Waals surface area contributed by atoms with Gasteiger partial charge in [0.05, 0.1) is 5.52 Å². The van der Waals surface area contributed by atoms with Crippen LogP contribution in [0.4, 0.5) is 5.69 Å². The lowest BCUT2D eigenvalue weighted by atomic mass is 10.3. The molecule has 0 unspecified atom stereocenters. The standard InChI is InChI=1S/C20H23N5O2/c1-24(2)13-8-12-21-19(26)17-16-11-6-7-14-25(16)18(23-17)20(27)22-15-9-4-3-5-10-15/h3-7,9-11,14H,8,12-13H2,1-2H3,(H,21,26)(H,22,27). The molecule has 7 heteroatoms. The fourth-order valence-corrected chi connectivity index (χ4v) is 2.75. The summed E-state index contributed by atoms with van der Waals surface area (Å²) >= 11 is 0. The zero-order valence-electron chi connectivity index (χ0n) is 15.5. The number of hydrogen-bond donors (Lipinski definition) is 2. The van der Waals surface area contributed by atoms with Gasteiger partial charge in [0, 0.05) is 18.4 Å². The number of aromatic nitrogens is 2. The molecule has 0 aliphatic heterocycles. The SMILES string of the molecule is CN(C)CCCNC(=O)c1nc(C(=O)Nc2ccccc2)n2ccccc12. The minimum atomic E-state index is -0.367. The number of carbonyl (C=O) groups is 2. The molecule has 3 aromatic rings. The van der Waals surface area contributed by atoms with Crippen molar-refractivity contribution in [3.8, 4) is 0 Å². The van der Waals surface area contributed by atoms with E-state index in [-0.39, 0.29) is 23.3 Å². The third kappa shape index (κ3) is 4.51. The summed E-state index contributed by atoms with van der Waals surface area (Å²) < 4.78 is 1.63. The molecule has 0 aliphatic rings. The maximum Gasteiger partial charge on any atom is 0.292 e. The maximum absolute atomic E-state index is 12.7. The molecule has 7 nitrogen and oxygen atoms in total. The zero-order valence-corrected chi connectivity index (χ0v) is 15.5. The molecular formula is C20H23N5O2. The van der Waals surface area contributed by atoms with Crippen LogP contribution in [-0.4, -0.2) is 53.3 Å². The monoisotopic (exact) mass is 365 g/mol. The molecule has 0 atom stereocenters. The van der Waals surface area contributed by atoms with Crippen molar-refractivity contribution in [2.75, 3.05) is 32.5 Å². The van der Waals surface area contributed by atoms with Gasteiger partial charge >= 0.3 is 0 Å². The number of hydrogen-bond acceptors (Lipinski definition) is 4. The number of benzene rings is 1. The van der Waals surface area contributed by atoms with E-state index < -0.39 is 0 Å². The Bertz CT molecular complexity index is 934. The largest absolute Gasteiger partial charge is 0.351 e. The van der Waals surface area contributed by atoms with E-state index in [0.29, 0.717) is 17.7 Å². The number of imidazole rings is 1. The number of nitrogens with zero attached hydrogens (tertiary/aromatic N) is 3. The van der Waals surface area contributed by atoms with E-state index in [9.17, 15) is 9.59 Å². The van der Waals surface area contributed by atoms with Gasteiger partial charge in [0.25, 0.3) is 11.8 Å². The zero-order chi connectivity index (χ0) is 19.2. The van der Waals surface area contributed by atoms with Gasteiger partial charge in [0.15, 0.2) is 5.69 Å². The molecule has 0 bridgehead atoms. The van der Waals surface area contributed by atoms with Crippen molar-refractivity contribution in [3.63, 3.8) is 0 Å². The first-order valence-electron chi connectivity index (χ1n) is 8.82. The number of carbonyl (C=O) groups excluding carboxylic acids is 2. The first-order valence-corrected chi connectivity index (χ1v) is 8.82. The van der Waals surface area contributed by atoms with Crippen LogP contribution < -0.4 is 10.6 Å². The molecule has 0 saturated heterocycles. The van der Waals surface area contributed by atoms with Gasteiger partial charge in [-0.15, -0.1) is 0 Å². The van der Waals surface area contributed by atoms with E-state index in [1.54, 1.807) is 34.9 Å². The first kappa shape index (κ1) is 18.6. The highest BCUT2D eigenvalue weighted by Crippen LogP contribution is 2.15. The summed E-state index contributed by atoms with van der Waals surface area (Å²) in [6.45, 7) is 1.43. The summed E-state index contributed by atoms with van der Waals surface area (Å²) in [4.78, 5) is 31.6. The Balaban J connectivity index is 1.81. The molecule has 0 radical (unpaired) electrons. The molecule has 0 spiro atoms. The highest BCUT2D eigenvalue weighted by Gasteiger charge is 2.21. The van der Waals surface area contributed by atoms with Crippen LogP contribution in [0.5, 0.6) is 0 Å². The average Bonchev–Trinajstić information content (AvgIpc) is 3.06. The number of fused-ring (bicyclic) bond motifs is 1. The van der Waals surface area contributed by atoms with Crippen LogP contribution >= 0.6 is 0 Å². The predicted molar refractivity (Wildman–Crippen MR) is 105 cm³/mol. The Morgan fingerprint density at radius 1 is 1.04 bits per heavy atom. The van der Waals surface area contributed by atoms with Gasteiger partial charge in [-0.25, -0.2) is 4.98 Å². The molecule has 2 N–H and O–H groups in total. The molecule has 0 aliphatic carbocycles. The molecule has 2 aromatic heterocycles. The second-order valence-corrected chi connectivity index (χ2v) is 6.47. The van der Waals surface area contributed by atoms with Crippen molar-refractivity contribution >= 4 is 23.0 Å². The van der Waals surface area contributed by atoms with Gasteiger partial charge in [-0.05, 0) is 51.3 Å². The van der Waals surface area contributed by atoms with Crippen molar-refractivity contribution in [1.82, 2.24) is 19.6 Å². The van der Waals surface area contributed by atoms with Crippen LogP contribution in [0.3, 0.4) is 0 Å². The normalized spacial score (nSPS) is 10.9. The molecular weight excluding hydrogens is 342 g/mol. The first-order chi connectivity index (χ1) is 13.1. The van der Waals surface area contributed by atoms with Crippen LogP contribution in [0.25, 0.3) is 5.52 Å². The Labute approximate surface area is 158 Å². The Morgan fingerprint density at radius 2 is 1.78 bits per heavy atom. The van der Waals surface area contributed by atoms with Gasteiger partial charge in [-0.1, -0.05) is 24.3 Å². The van der Waals surface area contributed by atoms with Crippen molar-refractivity contribution in [1.29, 1.82) is 0 Å². The minimum absolute atomic E-state index is 0.174. The predicted octanol–water partition coefficient (Wildman–Crippen LogP) is 2.27. The fourth-order valence-electron chi connectivity index (χ4n) is 2.75. The van der Waals surface area contributed by atoms with Crippen molar-refractivity contribution in [2.45, 2.75) is 6.42 Å². The smallest absolute Gasteiger partial charge is 0.292 e. The number of anilines is 1. The van der Waals surface area contributed by atoms with E-state index in [1.807, 2.05) is 38.4 Å². The third-order valence-corrected chi connectivity index (χ3v) is 4.07. The number of amides is 2. The molecule has 27 heavy (non-hydrogen) atoms. The highest BCUT2D eigenvalue weighted by atomic mass is 16.2. The lowest BCUT2D eigenvalue weighted by Crippen LogP contribution is -2.27. The number of pyridine rings is 1. The van der Waals surface area contributed by atoms with Crippen LogP contribution in [0.1, 0.15) is 27.5 Å². The van der Waals surface area contributed by atoms with Crippen LogP contribution in [0.2, 0.25) is 0 Å². The second-order valence-electron chi connectivity index (χ2n) is 6.47. The van der Waals surface area contributed by atoms with E-state index in [0.717, 1.165) is 13.0 Å². The Morgan fingerprint density at radius 3 is 2.52 bits per heavy atom. The van der Waals surface area contributed by atoms with Crippen molar-refractivity contribution < 1.29 is 9.59 Å². The van der Waals surface area contributed by atoms with E-state index in [1.165, 1.54) is 0 Å². The molecule has 1 aromatic carbocycles. The van der Waals surface area contributed by atoms with Gasteiger partial charge in [0.2, 0.25) is 5.82 Å². The van der Waals surface area contributed by atoms with Gasteiger partial charge in [-0.3, -0.25) is 14.0 Å².